The molecular weight excluding hydrogens is 508 g/mol. The molecular formula is C31H26N4O3S. The summed E-state index contributed by atoms with van der Waals surface area (Å²) >= 11 is 1.19. The fraction of sp³-hybridized carbons (Fsp3) is 0.0968. The summed E-state index contributed by atoms with van der Waals surface area (Å²) in [7, 11) is 0. The fourth-order valence-electron chi connectivity index (χ4n) is 3.97. The molecule has 5 rings (SSSR count). The van der Waals surface area contributed by atoms with Crippen LogP contribution in [0.2, 0.25) is 0 Å². The van der Waals surface area contributed by atoms with Crippen molar-refractivity contribution >= 4 is 34.8 Å². The molecule has 4 aromatic carbocycles. The molecule has 1 amide bonds. The standard InChI is InChI=1S/C31H26N4O3S/c1-22-9-5-8-14-28(22)35-30(37)26-12-6-7-13-27(26)33-31(35)39-21-29(36)34-32-19-23-15-17-25(18-16-23)38-20-24-10-3-2-4-11-24/h2-19H,20-21H2,1H3,(H,34,36)/b32-19-. The number of nitrogens with one attached hydrogen (secondary N) is 1. The Bertz CT molecular complexity index is 1680. The molecule has 0 saturated heterocycles. The molecule has 0 radical (unpaired) electrons. The number of carbonyl (C=O) groups excluding carboxylic acids is 1. The molecule has 0 unspecified atom stereocenters. The van der Waals surface area contributed by atoms with E-state index in [9.17, 15) is 9.59 Å². The number of fused-ring (bicyclic) bond motifs is 1. The Morgan fingerprint density at radius 1 is 0.949 bits per heavy atom. The van der Waals surface area contributed by atoms with E-state index in [1.54, 1.807) is 22.9 Å². The van der Waals surface area contributed by atoms with Crippen LogP contribution in [0.25, 0.3) is 16.6 Å². The van der Waals surface area contributed by atoms with Crippen molar-refractivity contribution in [1.82, 2.24) is 15.0 Å². The van der Waals surface area contributed by atoms with Crippen LogP contribution in [0.15, 0.2) is 118 Å². The first-order valence-corrected chi connectivity index (χ1v) is 13.4. The second kappa shape index (κ2) is 12.2. The third kappa shape index (κ3) is 6.42. The first-order valence-electron chi connectivity index (χ1n) is 12.4. The van der Waals surface area contributed by atoms with Crippen LogP contribution >= 0.6 is 11.8 Å². The highest BCUT2D eigenvalue weighted by Crippen LogP contribution is 2.23. The van der Waals surface area contributed by atoms with Gasteiger partial charge in [-0.25, -0.2) is 10.4 Å². The van der Waals surface area contributed by atoms with Gasteiger partial charge < -0.3 is 4.74 Å². The largest absolute Gasteiger partial charge is 0.489 e. The quantitative estimate of drug-likeness (QED) is 0.117. The molecule has 1 aromatic heterocycles. The Hall–Kier alpha value is -4.69. The molecule has 194 valence electrons. The predicted molar refractivity (Wildman–Crippen MR) is 156 cm³/mol. The lowest BCUT2D eigenvalue weighted by atomic mass is 10.2. The summed E-state index contributed by atoms with van der Waals surface area (Å²) in [6, 6.07) is 32.2. The predicted octanol–water partition coefficient (Wildman–Crippen LogP) is 5.52. The molecule has 0 aliphatic carbocycles. The number of hydrogen-bond acceptors (Lipinski definition) is 6. The molecule has 0 spiro atoms. The van der Waals surface area contributed by atoms with E-state index in [0.29, 0.717) is 22.7 Å². The molecule has 0 bridgehead atoms. The van der Waals surface area contributed by atoms with Crippen molar-refractivity contribution in [2.24, 2.45) is 5.10 Å². The van der Waals surface area contributed by atoms with Gasteiger partial charge in [0.25, 0.3) is 11.5 Å². The first-order chi connectivity index (χ1) is 19.1. The Labute approximate surface area is 230 Å². The number of amides is 1. The molecule has 1 heterocycles. The second-order valence-electron chi connectivity index (χ2n) is 8.76. The topological polar surface area (TPSA) is 85.6 Å². The Kier molecular flexibility index (Phi) is 8.14. The minimum Gasteiger partial charge on any atom is -0.489 e. The number of ether oxygens (including phenoxy) is 1. The maximum absolute atomic E-state index is 13.4. The molecule has 5 aromatic rings. The van der Waals surface area contributed by atoms with Crippen molar-refractivity contribution in [3.8, 4) is 11.4 Å². The lowest BCUT2D eigenvalue weighted by molar-refractivity contribution is -0.118. The van der Waals surface area contributed by atoms with Gasteiger partial charge in [-0.05, 0) is 66.1 Å². The van der Waals surface area contributed by atoms with Crippen LogP contribution in [0.4, 0.5) is 0 Å². The lowest BCUT2D eigenvalue weighted by Gasteiger charge is -2.14. The number of thioether (sulfide) groups is 1. The average Bonchev–Trinajstić information content (AvgIpc) is 2.97. The van der Waals surface area contributed by atoms with E-state index in [1.165, 1.54) is 11.8 Å². The number of carbonyl (C=O) groups is 1. The molecule has 1 N–H and O–H groups in total. The van der Waals surface area contributed by atoms with Gasteiger partial charge in [0.1, 0.15) is 12.4 Å². The van der Waals surface area contributed by atoms with Crippen molar-refractivity contribution in [2.75, 3.05) is 5.75 Å². The lowest BCUT2D eigenvalue weighted by Crippen LogP contribution is -2.24. The summed E-state index contributed by atoms with van der Waals surface area (Å²) in [5.41, 5.74) is 6.55. The third-order valence-corrected chi connectivity index (χ3v) is 6.90. The molecule has 0 aliphatic heterocycles. The number of benzene rings is 4. The van der Waals surface area contributed by atoms with Gasteiger partial charge in [-0.15, -0.1) is 0 Å². The van der Waals surface area contributed by atoms with Crippen LogP contribution < -0.4 is 15.7 Å². The smallest absolute Gasteiger partial charge is 0.266 e. The summed E-state index contributed by atoms with van der Waals surface area (Å²) < 4.78 is 7.37. The number of hydrogen-bond donors (Lipinski definition) is 1. The van der Waals surface area contributed by atoms with Crippen molar-refractivity contribution in [1.29, 1.82) is 0 Å². The van der Waals surface area contributed by atoms with E-state index in [0.717, 1.165) is 28.1 Å². The molecule has 39 heavy (non-hydrogen) atoms. The summed E-state index contributed by atoms with van der Waals surface area (Å²) in [6.45, 7) is 2.43. The van der Waals surface area contributed by atoms with Gasteiger partial charge in [-0.3, -0.25) is 14.2 Å². The van der Waals surface area contributed by atoms with Gasteiger partial charge in [-0.1, -0.05) is 72.4 Å². The molecule has 0 saturated carbocycles. The number of rotatable bonds is 9. The van der Waals surface area contributed by atoms with E-state index >= 15 is 0 Å². The van der Waals surface area contributed by atoms with Gasteiger partial charge >= 0.3 is 0 Å². The molecule has 7 nitrogen and oxygen atoms in total. The zero-order valence-corrected chi connectivity index (χ0v) is 22.1. The van der Waals surface area contributed by atoms with Gasteiger partial charge in [0.05, 0.1) is 28.6 Å². The first kappa shape index (κ1) is 25.9. The van der Waals surface area contributed by atoms with Crippen LogP contribution in [0.5, 0.6) is 5.75 Å². The Balaban J connectivity index is 1.23. The highest BCUT2D eigenvalue weighted by molar-refractivity contribution is 7.99. The second-order valence-corrected chi connectivity index (χ2v) is 9.71. The minimum atomic E-state index is -0.308. The van der Waals surface area contributed by atoms with E-state index in [-0.39, 0.29) is 17.2 Å². The van der Waals surface area contributed by atoms with E-state index < -0.39 is 0 Å². The summed E-state index contributed by atoms with van der Waals surface area (Å²) in [5.74, 6) is 0.483. The Morgan fingerprint density at radius 3 is 2.46 bits per heavy atom. The van der Waals surface area contributed by atoms with Gasteiger partial charge in [0.2, 0.25) is 0 Å². The zero-order valence-electron chi connectivity index (χ0n) is 21.3. The highest BCUT2D eigenvalue weighted by Gasteiger charge is 2.15. The summed E-state index contributed by atoms with van der Waals surface area (Å²) in [6.07, 6.45) is 1.57. The van der Waals surface area contributed by atoms with Crippen LogP contribution in [-0.4, -0.2) is 27.4 Å². The van der Waals surface area contributed by atoms with Crippen molar-refractivity contribution in [3.05, 3.63) is 130 Å². The van der Waals surface area contributed by atoms with Gasteiger partial charge in [0, 0.05) is 0 Å². The summed E-state index contributed by atoms with van der Waals surface area (Å²) in [5, 5.41) is 5.04. The third-order valence-electron chi connectivity index (χ3n) is 5.96. The van der Waals surface area contributed by atoms with Crippen molar-refractivity contribution in [2.45, 2.75) is 18.7 Å². The maximum atomic E-state index is 13.4. The fourth-order valence-corrected chi connectivity index (χ4v) is 4.77. The molecule has 0 fully saturated rings. The van der Waals surface area contributed by atoms with Crippen molar-refractivity contribution < 1.29 is 9.53 Å². The van der Waals surface area contributed by atoms with Crippen molar-refractivity contribution in [3.63, 3.8) is 0 Å². The van der Waals surface area contributed by atoms with Crippen LogP contribution in [0.3, 0.4) is 0 Å². The zero-order chi connectivity index (χ0) is 27.0. The SMILES string of the molecule is Cc1ccccc1-n1c(SCC(=O)N/N=C\c2ccc(OCc3ccccc3)cc2)nc2ccccc2c1=O. The number of para-hydroxylation sites is 2. The number of aromatic nitrogens is 2. The van der Waals surface area contributed by atoms with Crippen LogP contribution in [-0.2, 0) is 11.4 Å². The average molecular weight is 535 g/mol. The van der Waals surface area contributed by atoms with Gasteiger partial charge in [-0.2, -0.15) is 5.10 Å². The molecule has 8 heteroatoms. The van der Waals surface area contributed by atoms with E-state index in [4.69, 9.17) is 9.72 Å². The highest BCUT2D eigenvalue weighted by atomic mass is 32.2. The van der Waals surface area contributed by atoms with Crippen LogP contribution in [0.1, 0.15) is 16.7 Å². The molecule has 0 aliphatic rings. The number of aryl methyl sites for hydroxylation is 1. The van der Waals surface area contributed by atoms with E-state index in [2.05, 4.69) is 10.5 Å². The minimum absolute atomic E-state index is 0.0419. The normalized spacial score (nSPS) is 11.1. The monoisotopic (exact) mass is 534 g/mol. The number of hydrazone groups is 1. The van der Waals surface area contributed by atoms with Crippen LogP contribution in [0, 0.1) is 6.92 Å². The van der Waals surface area contributed by atoms with E-state index in [1.807, 2.05) is 97.9 Å². The maximum Gasteiger partial charge on any atom is 0.266 e. The summed E-state index contributed by atoms with van der Waals surface area (Å²) in [4.78, 5) is 30.6. The molecule has 0 atom stereocenters. The van der Waals surface area contributed by atoms with Gasteiger partial charge in [0.15, 0.2) is 5.16 Å². The Morgan fingerprint density at radius 2 is 1.67 bits per heavy atom. The number of nitrogens with zero attached hydrogens (tertiary/aromatic N) is 3.